The van der Waals surface area contributed by atoms with Crippen molar-refractivity contribution >= 4 is 11.7 Å². The zero-order chi connectivity index (χ0) is 15.4. The Hall–Kier alpha value is -1.51. The molecule has 2 rings (SSSR count). The summed E-state index contributed by atoms with van der Waals surface area (Å²) in [6.45, 7) is 6.68. The molecule has 3 nitrogen and oxygen atoms in total. The van der Waals surface area contributed by atoms with Crippen LogP contribution in [0.5, 0.6) is 0 Å². The smallest absolute Gasteiger partial charge is 0.303 e. The summed E-state index contributed by atoms with van der Waals surface area (Å²) in [6, 6.07) is 10.4. The van der Waals surface area contributed by atoms with Gasteiger partial charge in [-0.15, -0.1) is 0 Å². The third-order valence-corrected chi connectivity index (χ3v) is 4.95. The van der Waals surface area contributed by atoms with Gasteiger partial charge in [0.05, 0.1) is 6.42 Å². The van der Waals surface area contributed by atoms with Crippen molar-refractivity contribution in [3.05, 3.63) is 30.3 Å². The van der Waals surface area contributed by atoms with Crippen LogP contribution in [0.1, 0.15) is 40.0 Å². The van der Waals surface area contributed by atoms with Crippen LogP contribution < -0.4 is 5.32 Å². The molecule has 4 atom stereocenters. The number of hydrogen-bond acceptors (Lipinski definition) is 2. The van der Waals surface area contributed by atoms with E-state index in [0.29, 0.717) is 17.8 Å². The number of carbonyl (C=O) groups is 1. The molecule has 1 aliphatic carbocycles. The first-order chi connectivity index (χ1) is 9.99. The van der Waals surface area contributed by atoms with Crippen LogP contribution in [-0.4, -0.2) is 17.1 Å². The van der Waals surface area contributed by atoms with E-state index in [0.717, 1.165) is 12.1 Å². The standard InChI is InChI=1S/C18H27NO2/c1-12(2)15-10-9-13(3)18(16(15)11-17(20)21)19-14-7-5-4-6-8-14/h4-8,12-13,15-16,18-19H,9-11H2,1-3H3,(H,20,21). The molecule has 1 fully saturated rings. The molecule has 1 aromatic rings. The summed E-state index contributed by atoms with van der Waals surface area (Å²) < 4.78 is 0. The molecule has 3 heteroatoms. The van der Waals surface area contributed by atoms with E-state index >= 15 is 0 Å². The van der Waals surface area contributed by atoms with Gasteiger partial charge in [0, 0.05) is 11.7 Å². The zero-order valence-electron chi connectivity index (χ0n) is 13.3. The highest BCUT2D eigenvalue weighted by Gasteiger charge is 2.39. The number of carboxylic acid groups (broad SMARTS) is 1. The molecule has 0 radical (unpaired) electrons. The van der Waals surface area contributed by atoms with Crippen molar-refractivity contribution in [1.29, 1.82) is 0 Å². The molecule has 0 amide bonds. The quantitative estimate of drug-likeness (QED) is 0.851. The zero-order valence-corrected chi connectivity index (χ0v) is 13.3. The highest BCUT2D eigenvalue weighted by Crippen LogP contribution is 2.41. The van der Waals surface area contributed by atoms with Crippen molar-refractivity contribution in [2.45, 2.75) is 46.1 Å². The number of rotatable bonds is 5. The molecule has 0 aliphatic heterocycles. The van der Waals surface area contributed by atoms with Gasteiger partial charge in [0.1, 0.15) is 0 Å². The van der Waals surface area contributed by atoms with E-state index in [2.05, 4.69) is 38.2 Å². The van der Waals surface area contributed by atoms with Crippen LogP contribution in [-0.2, 0) is 4.79 Å². The molecule has 21 heavy (non-hydrogen) atoms. The maximum absolute atomic E-state index is 11.3. The predicted molar refractivity (Wildman–Crippen MR) is 86.3 cm³/mol. The largest absolute Gasteiger partial charge is 0.481 e. The molecule has 1 aromatic carbocycles. The average Bonchev–Trinajstić information content (AvgIpc) is 2.43. The predicted octanol–water partition coefficient (Wildman–Crippen LogP) is 4.26. The highest BCUT2D eigenvalue weighted by atomic mass is 16.4. The Morgan fingerprint density at radius 2 is 1.95 bits per heavy atom. The summed E-state index contributed by atoms with van der Waals surface area (Å²) >= 11 is 0. The van der Waals surface area contributed by atoms with Gasteiger partial charge in [-0.25, -0.2) is 0 Å². The summed E-state index contributed by atoms with van der Waals surface area (Å²) in [5.41, 5.74) is 1.09. The maximum Gasteiger partial charge on any atom is 0.303 e. The van der Waals surface area contributed by atoms with E-state index in [4.69, 9.17) is 0 Å². The van der Waals surface area contributed by atoms with Crippen molar-refractivity contribution in [3.63, 3.8) is 0 Å². The molecule has 2 N–H and O–H groups in total. The molecule has 0 spiro atoms. The summed E-state index contributed by atoms with van der Waals surface area (Å²) in [5.74, 6) is 1.04. The fourth-order valence-corrected chi connectivity index (χ4v) is 3.82. The van der Waals surface area contributed by atoms with Crippen LogP contribution in [0.15, 0.2) is 30.3 Å². The lowest BCUT2D eigenvalue weighted by molar-refractivity contribution is -0.139. The molecule has 1 saturated carbocycles. The van der Waals surface area contributed by atoms with E-state index in [1.54, 1.807) is 0 Å². The number of nitrogens with one attached hydrogen (secondary N) is 1. The number of para-hydroxylation sites is 1. The molecular formula is C18H27NO2. The van der Waals surface area contributed by atoms with Crippen molar-refractivity contribution < 1.29 is 9.90 Å². The van der Waals surface area contributed by atoms with Crippen LogP contribution in [0, 0.1) is 23.7 Å². The van der Waals surface area contributed by atoms with Gasteiger partial charge in [0.2, 0.25) is 0 Å². The van der Waals surface area contributed by atoms with Crippen LogP contribution in [0.2, 0.25) is 0 Å². The van der Waals surface area contributed by atoms with Gasteiger partial charge in [0.25, 0.3) is 0 Å². The Bertz CT molecular complexity index is 458. The van der Waals surface area contributed by atoms with E-state index < -0.39 is 5.97 Å². The van der Waals surface area contributed by atoms with Crippen LogP contribution in [0.4, 0.5) is 5.69 Å². The molecular weight excluding hydrogens is 262 g/mol. The normalized spacial score (nSPS) is 29.3. The average molecular weight is 289 g/mol. The number of benzene rings is 1. The van der Waals surface area contributed by atoms with E-state index in [1.165, 1.54) is 6.42 Å². The maximum atomic E-state index is 11.3. The number of anilines is 1. The summed E-state index contributed by atoms with van der Waals surface area (Å²) in [4.78, 5) is 11.3. The topological polar surface area (TPSA) is 49.3 Å². The van der Waals surface area contributed by atoms with Crippen molar-refractivity contribution in [1.82, 2.24) is 0 Å². The van der Waals surface area contributed by atoms with Gasteiger partial charge in [-0.2, -0.15) is 0 Å². The van der Waals surface area contributed by atoms with Crippen molar-refractivity contribution in [2.75, 3.05) is 5.32 Å². The fraction of sp³-hybridized carbons (Fsp3) is 0.611. The molecule has 0 saturated heterocycles. The summed E-state index contributed by atoms with van der Waals surface area (Å²) in [7, 11) is 0. The van der Waals surface area contributed by atoms with E-state index in [1.807, 2.05) is 18.2 Å². The fourth-order valence-electron chi connectivity index (χ4n) is 3.82. The lowest BCUT2D eigenvalue weighted by atomic mass is 9.66. The minimum absolute atomic E-state index is 0.200. The monoisotopic (exact) mass is 289 g/mol. The van der Waals surface area contributed by atoms with Gasteiger partial charge in [0.15, 0.2) is 0 Å². The van der Waals surface area contributed by atoms with Crippen molar-refractivity contribution in [3.8, 4) is 0 Å². The van der Waals surface area contributed by atoms with Gasteiger partial charge < -0.3 is 10.4 Å². The van der Waals surface area contributed by atoms with Crippen LogP contribution >= 0.6 is 0 Å². The SMILES string of the molecule is CC(C)C1CCC(C)C(Nc2ccccc2)C1CC(=O)O. The van der Waals surface area contributed by atoms with Crippen molar-refractivity contribution in [2.24, 2.45) is 23.7 Å². The molecule has 116 valence electrons. The molecule has 0 bridgehead atoms. The first-order valence-corrected chi connectivity index (χ1v) is 8.02. The van der Waals surface area contributed by atoms with E-state index in [9.17, 15) is 9.90 Å². The first kappa shape index (κ1) is 15.9. The Kier molecular flexibility index (Phi) is 5.27. The minimum atomic E-state index is -0.681. The van der Waals surface area contributed by atoms with Gasteiger partial charge in [-0.3, -0.25) is 4.79 Å². The summed E-state index contributed by atoms with van der Waals surface area (Å²) in [5, 5.41) is 12.9. The first-order valence-electron chi connectivity index (χ1n) is 8.02. The number of hydrogen-bond donors (Lipinski definition) is 2. The summed E-state index contributed by atoms with van der Waals surface area (Å²) in [6.07, 6.45) is 2.57. The Morgan fingerprint density at radius 1 is 1.29 bits per heavy atom. The molecule has 0 aromatic heterocycles. The van der Waals surface area contributed by atoms with E-state index in [-0.39, 0.29) is 18.4 Å². The van der Waals surface area contributed by atoms with Gasteiger partial charge in [-0.05, 0) is 48.6 Å². The molecule has 4 unspecified atom stereocenters. The second-order valence-electron chi connectivity index (χ2n) is 6.76. The highest BCUT2D eigenvalue weighted by molar-refractivity contribution is 5.67. The lowest BCUT2D eigenvalue weighted by Gasteiger charge is -2.44. The lowest BCUT2D eigenvalue weighted by Crippen LogP contribution is -2.45. The number of aliphatic carboxylic acids is 1. The molecule has 1 aliphatic rings. The minimum Gasteiger partial charge on any atom is -0.481 e. The second kappa shape index (κ2) is 6.97. The third-order valence-electron chi connectivity index (χ3n) is 4.95. The van der Waals surface area contributed by atoms with Crippen LogP contribution in [0.25, 0.3) is 0 Å². The second-order valence-corrected chi connectivity index (χ2v) is 6.76. The Balaban J connectivity index is 2.21. The van der Waals surface area contributed by atoms with Gasteiger partial charge in [-0.1, -0.05) is 39.0 Å². The third kappa shape index (κ3) is 3.99. The Morgan fingerprint density at radius 3 is 2.52 bits per heavy atom. The molecule has 0 heterocycles. The number of carboxylic acids is 1. The Labute approximate surface area is 127 Å². The van der Waals surface area contributed by atoms with Crippen LogP contribution in [0.3, 0.4) is 0 Å². The van der Waals surface area contributed by atoms with Gasteiger partial charge >= 0.3 is 5.97 Å².